The fraction of sp³-hybridized carbons (Fsp3) is 0.364. The molecule has 0 aromatic heterocycles. The Morgan fingerprint density at radius 1 is 1.50 bits per heavy atom. The number of hydrogen-bond acceptors (Lipinski definition) is 3. The van der Waals surface area contributed by atoms with Gasteiger partial charge in [-0.1, -0.05) is 6.07 Å². The van der Waals surface area contributed by atoms with Crippen molar-refractivity contribution >= 4 is 15.6 Å². The Bertz CT molecular complexity index is 548. The number of fused-ring (bicyclic) bond motifs is 1. The summed E-state index contributed by atoms with van der Waals surface area (Å²) in [6.45, 7) is 1.38. The van der Waals surface area contributed by atoms with Crippen molar-refractivity contribution in [3.05, 3.63) is 29.6 Å². The smallest absolute Gasteiger partial charge is 0.179 e. The van der Waals surface area contributed by atoms with Gasteiger partial charge in [0.15, 0.2) is 9.84 Å². The molecule has 2 rings (SSSR count). The normalized spacial score (nSPS) is 21.8. The molecule has 0 saturated heterocycles. The number of Topliss-reactive ketones (excluding diaryl/α,β-unsaturated/α-hetero) is 1. The molecule has 1 heterocycles. The third-order valence-corrected chi connectivity index (χ3v) is 4.58. The van der Waals surface area contributed by atoms with Crippen molar-refractivity contribution in [1.82, 2.24) is 0 Å². The van der Waals surface area contributed by atoms with Crippen molar-refractivity contribution in [2.24, 2.45) is 0 Å². The first kappa shape index (κ1) is 11.3. The minimum absolute atomic E-state index is 0.0405. The first-order valence-corrected chi connectivity index (χ1v) is 6.57. The van der Waals surface area contributed by atoms with Crippen LogP contribution in [0.3, 0.4) is 0 Å². The van der Waals surface area contributed by atoms with Crippen LogP contribution >= 0.6 is 0 Å². The van der Waals surface area contributed by atoms with Crippen LogP contribution in [0.25, 0.3) is 0 Å². The first-order valence-electron chi connectivity index (χ1n) is 4.92. The molecule has 3 nitrogen and oxygen atoms in total. The Balaban J connectivity index is 2.56. The number of ketones is 1. The lowest BCUT2D eigenvalue weighted by atomic mass is 9.96. The topological polar surface area (TPSA) is 51.2 Å². The van der Waals surface area contributed by atoms with Crippen LogP contribution in [0.2, 0.25) is 0 Å². The standard InChI is InChI=1S/C11H11FO3S/c1-7(13)5-8-6-16(14,15)10-4-2-3-9(12)11(8)10/h2-4,8H,5-6H2,1H3. The van der Waals surface area contributed by atoms with E-state index in [4.69, 9.17) is 0 Å². The van der Waals surface area contributed by atoms with Gasteiger partial charge in [-0.05, 0) is 19.1 Å². The molecule has 0 spiro atoms. The van der Waals surface area contributed by atoms with E-state index in [-0.39, 0.29) is 28.4 Å². The molecule has 1 aromatic rings. The average Bonchev–Trinajstić information content (AvgIpc) is 2.38. The highest BCUT2D eigenvalue weighted by Crippen LogP contribution is 2.38. The maximum Gasteiger partial charge on any atom is 0.179 e. The molecular weight excluding hydrogens is 231 g/mol. The van der Waals surface area contributed by atoms with Gasteiger partial charge in [0, 0.05) is 17.9 Å². The summed E-state index contributed by atoms with van der Waals surface area (Å²) in [6.07, 6.45) is 0.0766. The number of benzene rings is 1. The van der Waals surface area contributed by atoms with Crippen molar-refractivity contribution in [2.45, 2.75) is 24.2 Å². The first-order chi connectivity index (χ1) is 7.42. The summed E-state index contributed by atoms with van der Waals surface area (Å²) >= 11 is 0. The van der Waals surface area contributed by atoms with E-state index in [1.807, 2.05) is 0 Å². The molecule has 1 unspecified atom stereocenters. The largest absolute Gasteiger partial charge is 0.300 e. The molecule has 0 aliphatic carbocycles. The van der Waals surface area contributed by atoms with E-state index in [9.17, 15) is 17.6 Å². The van der Waals surface area contributed by atoms with E-state index in [0.717, 1.165) is 0 Å². The molecule has 5 heteroatoms. The molecule has 1 atom stereocenters. The van der Waals surface area contributed by atoms with Crippen LogP contribution in [0, 0.1) is 5.82 Å². The highest BCUT2D eigenvalue weighted by atomic mass is 32.2. The number of carbonyl (C=O) groups excluding carboxylic acids is 1. The van der Waals surface area contributed by atoms with Gasteiger partial charge in [0.2, 0.25) is 0 Å². The third kappa shape index (κ3) is 1.75. The van der Waals surface area contributed by atoms with Gasteiger partial charge in [-0.25, -0.2) is 12.8 Å². The van der Waals surface area contributed by atoms with Crippen LogP contribution in [0.1, 0.15) is 24.8 Å². The van der Waals surface area contributed by atoms with E-state index in [0.29, 0.717) is 0 Å². The molecule has 1 aliphatic heterocycles. The second-order valence-corrected chi connectivity index (χ2v) is 6.04. The lowest BCUT2D eigenvalue weighted by molar-refractivity contribution is -0.117. The van der Waals surface area contributed by atoms with Crippen LogP contribution in [0.15, 0.2) is 23.1 Å². The minimum Gasteiger partial charge on any atom is -0.300 e. The van der Waals surface area contributed by atoms with Crippen LogP contribution in [-0.4, -0.2) is 20.0 Å². The average molecular weight is 242 g/mol. The minimum atomic E-state index is -3.42. The summed E-state index contributed by atoms with van der Waals surface area (Å²) in [4.78, 5) is 11.1. The Labute approximate surface area is 93.2 Å². The van der Waals surface area contributed by atoms with Crippen molar-refractivity contribution in [1.29, 1.82) is 0 Å². The quantitative estimate of drug-likeness (QED) is 0.792. The number of hydrogen-bond donors (Lipinski definition) is 0. The number of carbonyl (C=O) groups is 1. The van der Waals surface area contributed by atoms with Gasteiger partial charge in [-0.2, -0.15) is 0 Å². The van der Waals surface area contributed by atoms with E-state index in [1.54, 1.807) is 0 Å². The summed E-state index contributed by atoms with van der Waals surface area (Å²) < 4.78 is 37.0. The molecule has 0 saturated carbocycles. The monoisotopic (exact) mass is 242 g/mol. The maximum atomic E-state index is 13.6. The second kappa shape index (κ2) is 3.66. The molecule has 0 N–H and O–H groups in total. The summed E-state index contributed by atoms with van der Waals surface area (Å²) in [6, 6.07) is 4.00. The maximum absolute atomic E-state index is 13.6. The molecule has 16 heavy (non-hydrogen) atoms. The predicted octanol–water partition coefficient (Wildman–Crippen LogP) is 1.68. The van der Waals surface area contributed by atoms with Crippen molar-refractivity contribution in [2.75, 3.05) is 5.75 Å². The van der Waals surface area contributed by atoms with E-state index >= 15 is 0 Å². The molecular formula is C11H11FO3S. The number of halogens is 1. The van der Waals surface area contributed by atoms with Crippen LogP contribution in [0.4, 0.5) is 4.39 Å². The Kier molecular flexibility index (Phi) is 2.58. The van der Waals surface area contributed by atoms with Gasteiger partial charge in [-0.3, -0.25) is 0 Å². The summed E-state index contributed by atoms with van der Waals surface area (Å²) in [5.74, 6) is -1.36. The van der Waals surface area contributed by atoms with Crippen LogP contribution < -0.4 is 0 Å². The van der Waals surface area contributed by atoms with Gasteiger partial charge in [-0.15, -0.1) is 0 Å². The lowest BCUT2D eigenvalue weighted by Crippen LogP contribution is -2.07. The summed E-state index contributed by atoms with van der Waals surface area (Å²) in [5, 5.41) is 0. The van der Waals surface area contributed by atoms with E-state index in [1.165, 1.54) is 25.1 Å². The molecule has 0 bridgehead atoms. The molecule has 0 fully saturated rings. The molecule has 0 amide bonds. The van der Waals surface area contributed by atoms with E-state index in [2.05, 4.69) is 0 Å². The van der Waals surface area contributed by atoms with Crippen molar-refractivity contribution in [3.63, 3.8) is 0 Å². The Morgan fingerprint density at radius 3 is 2.81 bits per heavy atom. The molecule has 86 valence electrons. The van der Waals surface area contributed by atoms with Gasteiger partial charge in [0.1, 0.15) is 11.6 Å². The third-order valence-electron chi connectivity index (χ3n) is 2.71. The van der Waals surface area contributed by atoms with Gasteiger partial charge in [0.05, 0.1) is 10.6 Å². The van der Waals surface area contributed by atoms with E-state index < -0.39 is 21.6 Å². The van der Waals surface area contributed by atoms with Crippen molar-refractivity contribution in [3.8, 4) is 0 Å². The van der Waals surface area contributed by atoms with Crippen molar-refractivity contribution < 1.29 is 17.6 Å². The molecule has 0 radical (unpaired) electrons. The zero-order chi connectivity index (χ0) is 11.9. The second-order valence-electron chi connectivity index (χ2n) is 4.04. The van der Waals surface area contributed by atoms with Gasteiger partial charge < -0.3 is 4.79 Å². The fourth-order valence-electron chi connectivity index (χ4n) is 2.13. The molecule has 1 aliphatic rings. The number of rotatable bonds is 2. The SMILES string of the molecule is CC(=O)CC1CS(=O)(=O)c2cccc(F)c21. The van der Waals surface area contributed by atoms with Crippen LogP contribution in [0.5, 0.6) is 0 Å². The lowest BCUT2D eigenvalue weighted by Gasteiger charge is -2.07. The van der Waals surface area contributed by atoms with Crippen LogP contribution in [-0.2, 0) is 14.6 Å². The fourth-order valence-corrected chi connectivity index (χ4v) is 4.01. The van der Waals surface area contributed by atoms with Gasteiger partial charge in [0.25, 0.3) is 0 Å². The highest BCUT2D eigenvalue weighted by molar-refractivity contribution is 7.91. The summed E-state index contributed by atoms with van der Waals surface area (Å²) in [5.41, 5.74) is 0.178. The summed E-state index contributed by atoms with van der Waals surface area (Å²) in [7, 11) is -3.42. The highest BCUT2D eigenvalue weighted by Gasteiger charge is 2.37. The van der Waals surface area contributed by atoms with Gasteiger partial charge >= 0.3 is 0 Å². The zero-order valence-electron chi connectivity index (χ0n) is 8.73. The number of sulfone groups is 1. The predicted molar refractivity (Wildman–Crippen MR) is 56.5 cm³/mol. The Morgan fingerprint density at radius 2 is 2.19 bits per heavy atom. The zero-order valence-corrected chi connectivity index (χ0v) is 9.55. The molecule has 1 aromatic carbocycles. The Hall–Kier alpha value is -1.23.